The summed E-state index contributed by atoms with van der Waals surface area (Å²) >= 11 is 0. The lowest BCUT2D eigenvalue weighted by atomic mass is 9.94. The molecule has 0 aliphatic carbocycles. The van der Waals surface area contributed by atoms with Crippen LogP contribution in [-0.4, -0.2) is 27.8 Å². The molecule has 0 amide bonds. The molecule has 0 aliphatic rings. The number of hydrogen-bond donors (Lipinski definition) is 0. The molecule has 0 fully saturated rings. The number of benzene rings is 1. The van der Waals surface area contributed by atoms with Crippen molar-refractivity contribution in [1.29, 1.82) is 0 Å². The minimum atomic E-state index is -3.39. The molecule has 1 rings (SSSR count). The fourth-order valence-corrected chi connectivity index (χ4v) is 3.51. The van der Waals surface area contributed by atoms with E-state index in [2.05, 4.69) is 4.74 Å². The second kappa shape index (κ2) is 5.74. The molecule has 1 aromatic rings. The Morgan fingerprint density at radius 2 is 1.95 bits per heavy atom. The number of rotatable bonds is 4. The highest BCUT2D eigenvalue weighted by molar-refractivity contribution is 7.90. The highest BCUT2D eigenvalue weighted by Crippen LogP contribution is 2.31. The topological polar surface area (TPSA) is 60.4 Å². The van der Waals surface area contributed by atoms with Gasteiger partial charge in [0.15, 0.2) is 9.84 Å². The molecule has 1 aromatic carbocycles. The number of methoxy groups -OCH3 is 1. The van der Waals surface area contributed by atoms with Gasteiger partial charge in [0.05, 0.1) is 17.6 Å². The Morgan fingerprint density at radius 3 is 2.37 bits per heavy atom. The molecule has 5 heteroatoms. The molecule has 0 saturated carbocycles. The maximum absolute atomic E-state index is 12.0. The summed E-state index contributed by atoms with van der Waals surface area (Å²) in [6, 6.07) is 3.35. The third-order valence-corrected chi connectivity index (χ3v) is 4.64. The summed E-state index contributed by atoms with van der Waals surface area (Å²) in [4.78, 5) is 11.9. The summed E-state index contributed by atoms with van der Waals surface area (Å²) in [6.07, 6.45) is 2.00. The normalized spacial score (nSPS) is 13.1. The fourth-order valence-electron chi connectivity index (χ4n) is 2.14. The minimum Gasteiger partial charge on any atom is -0.465 e. The predicted octanol–water partition coefficient (Wildman–Crippen LogP) is 2.70. The van der Waals surface area contributed by atoms with Crippen LogP contribution in [0.5, 0.6) is 0 Å². The Hall–Kier alpha value is -1.36. The molecule has 0 N–H and O–H groups in total. The average Bonchev–Trinajstić information content (AvgIpc) is 2.34. The molecule has 4 nitrogen and oxygen atoms in total. The van der Waals surface area contributed by atoms with Crippen LogP contribution < -0.4 is 0 Å². The SMILES string of the molecule is CCC(C)c1ccc(C(=O)OC)c(C)c1S(C)(=O)=O. The van der Waals surface area contributed by atoms with E-state index in [-0.39, 0.29) is 10.8 Å². The summed E-state index contributed by atoms with van der Waals surface area (Å²) in [5.41, 5.74) is 1.53. The van der Waals surface area contributed by atoms with Gasteiger partial charge in [-0.15, -0.1) is 0 Å². The molecular weight excluding hydrogens is 264 g/mol. The van der Waals surface area contributed by atoms with Crippen molar-refractivity contribution < 1.29 is 17.9 Å². The van der Waals surface area contributed by atoms with Crippen molar-refractivity contribution in [1.82, 2.24) is 0 Å². The van der Waals surface area contributed by atoms with E-state index in [1.807, 2.05) is 13.8 Å². The molecule has 0 bridgehead atoms. The van der Waals surface area contributed by atoms with Crippen LogP contribution in [0.3, 0.4) is 0 Å². The monoisotopic (exact) mass is 284 g/mol. The van der Waals surface area contributed by atoms with Gasteiger partial charge in [0, 0.05) is 6.26 Å². The lowest BCUT2D eigenvalue weighted by Gasteiger charge is -2.18. The van der Waals surface area contributed by atoms with Crippen LogP contribution in [0, 0.1) is 6.92 Å². The van der Waals surface area contributed by atoms with Crippen LogP contribution in [0.25, 0.3) is 0 Å². The summed E-state index contributed by atoms with van der Waals surface area (Å²) in [5, 5.41) is 0. The zero-order chi connectivity index (χ0) is 14.8. The van der Waals surface area contributed by atoms with Gasteiger partial charge in [-0.05, 0) is 36.5 Å². The van der Waals surface area contributed by atoms with Crippen molar-refractivity contribution >= 4 is 15.8 Å². The van der Waals surface area contributed by atoms with Gasteiger partial charge in [0.25, 0.3) is 0 Å². The van der Waals surface area contributed by atoms with Crippen molar-refractivity contribution in [2.24, 2.45) is 0 Å². The van der Waals surface area contributed by atoms with Crippen LogP contribution in [0.4, 0.5) is 0 Å². The summed E-state index contributed by atoms with van der Waals surface area (Å²) in [7, 11) is -2.11. The zero-order valence-electron chi connectivity index (χ0n) is 12.0. The van der Waals surface area contributed by atoms with Crippen LogP contribution in [0.1, 0.15) is 47.7 Å². The summed E-state index contributed by atoms with van der Waals surface area (Å²) in [6.45, 7) is 5.62. The third kappa shape index (κ3) is 3.15. The van der Waals surface area contributed by atoms with Gasteiger partial charge in [-0.25, -0.2) is 13.2 Å². The van der Waals surface area contributed by atoms with E-state index in [1.165, 1.54) is 13.4 Å². The molecule has 106 valence electrons. The molecule has 19 heavy (non-hydrogen) atoms. The van der Waals surface area contributed by atoms with E-state index < -0.39 is 15.8 Å². The van der Waals surface area contributed by atoms with E-state index in [9.17, 15) is 13.2 Å². The van der Waals surface area contributed by atoms with Crippen molar-refractivity contribution in [3.05, 3.63) is 28.8 Å². The lowest BCUT2D eigenvalue weighted by Crippen LogP contribution is -2.12. The Balaban J connectivity index is 3.64. The van der Waals surface area contributed by atoms with E-state index in [0.717, 1.165) is 12.0 Å². The molecule has 0 saturated heterocycles. The second-order valence-electron chi connectivity index (χ2n) is 4.73. The first kappa shape index (κ1) is 15.7. The fraction of sp³-hybridized carbons (Fsp3) is 0.500. The van der Waals surface area contributed by atoms with Gasteiger partial charge in [-0.1, -0.05) is 19.9 Å². The Kier molecular flexibility index (Phi) is 4.74. The smallest absolute Gasteiger partial charge is 0.338 e. The largest absolute Gasteiger partial charge is 0.465 e. The molecular formula is C14H20O4S. The molecule has 0 heterocycles. The van der Waals surface area contributed by atoms with Gasteiger partial charge >= 0.3 is 5.97 Å². The van der Waals surface area contributed by atoms with Crippen molar-refractivity contribution in [2.75, 3.05) is 13.4 Å². The van der Waals surface area contributed by atoms with Crippen LogP contribution in [-0.2, 0) is 14.6 Å². The number of ether oxygens (including phenoxy) is 1. The van der Waals surface area contributed by atoms with E-state index in [1.54, 1.807) is 19.1 Å². The first-order valence-electron chi connectivity index (χ1n) is 6.15. The summed E-state index contributed by atoms with van der Waals surface area (Å²) in [5.74, 6) is -0.395. The van der Waals surface area contributed by atoms with Gasteiger partial charge in [-0.2, -0.15) is 0 Å². The molecule has 1 atom stereocenters. The highest BCUT2D eigenvalue weighted by atomic mass is 32.2. The number of carbonyl (C=O) groups excluding carboxylic acids is 1. The molecule has 0 aromatic heterocycles. The van der Waals surface area contributed by atoms with Gasteiger partial charge in [0.1, 0.15) is 0 Å². The molecule has 0 spiro atoms. The molecule has 1 unspecified atom stereocenters. The lowest BCUT2D eigenvalue weighted by molar-refractivity contribution is 0.0599. The van der Waals surface area contributed by atoms with Gasteiger partial charge < -0.3 is 4.74 Å². The minimum absolute atomic E-state index is 0.120. The number of esters is 1. The predicted molar refractivity (Wildman–Crippen MR) is 74.3 cm³/mol. The van der Waals surface area contributed by atoms with E-state index in [0.29, 0.717) is 11.1 Å². The number of carbonyl (C=O) groups is 1. The first-order chi connectivity index (χ1) is 8.73. The zero-order valence-corrected chi connectivity index (χ0v) is 12.8. The van der Waals surface area contributed by atoms with Gasteiger partial charge in [0.2, 0.25) is 0 Å². The molecule has 0 radical (unpaired) electrons. The maximum Gasteiger partial charge on any atom is 0.338 e. The number of hydrogen-bond acceptors (Lipinski definition) is 4. The van der Waals surface area contributed by atoms with E-state index >= 15 is 0 Å². The van der Waals surface area contributed by atoms with Crippen molar-refractivity contribution in [3.63, 3.8) is 0 Å². The van der Waals surface area contributed by atoms with Crippen molar-refractivity contribution in [2.45, 2.75) is 38.0 Å². The summed E-state index contributed by atoms with van der Waals surface area (Å²) < 4.78 is 28.7. The molecule has 0 aliphatic heterocycles. The Bertz CT molecular complexity index is 588. The van der Waals surface area contributed by atoms with Crippen LogP contribution in [0.15, 0.2) is 17.0 Å². The second-order valence-corrected chi connectivity index (χ2v) is 6.68. The highest BCUT2D eigenvalue weighted by Gasteiger charge is 2.23. The average molecular weight is 284 g/mol. The standard InChI is InChI=1S/C14H20O4S/c1-6-9(2)11-7-8-12(14(15)18-4)10(3)13(11)19(5,16)17/h7-9H,6H2,1-5H3. The van der Waals surface area contributed by atoms with Crippen LogP contribution in [0.2, 0.25) is 0 Å². The Morgan fingerprint density at radius 1 is 1.37 bits per heavy atom. The van der Waals surface area contributed by atoms with E-state index in [4.69, 9.17) is 0 Å². The van der Waals surface area contributed by atoms with Crippen LogP contribution >= 0.6 is 0 Å². The first-order valence-corrected chi connectivity index (χ1v) is 8.05. The maximum atomic E-state index is 12.0. The van der Waals surface area contributed by atoms with Crippen molar-refractivity contribution in [3.8, 4) is 0 Å². The quantitative estimate of drug-likeness (QED) is 0.798. The third-order valence-electron chi connectivity index (χ3n) is 3.36. The number of sulfone groups is 1. The Labute approximate surface area is 114 Å². The van der Waals surface area contributed by atoms with Gasteiger partial charge in [-0.3, -0.25) is 0 Å².